The molecule has 0 saturated carbocycles. The molecule has 0 radical (unpaired) electrons. The Morgan fingerprint density at radius 2 is 1.70 bits per heavy atom. The van der Waals surface area contributed by atoms with Crippen LogP contribution in [0.2, 0.25) is 10.0 Å². The summed E-state index contributed by atoms with van der Waals surface area (Å²) in [5, 5.41) is 7.09. The normalized spacial score (nSPS) is 10.2. The van der Waals surface area contributed by atoms with Gasteiger partial charge in [0, 0.05) is 24.8 Å². The molecule has 0 saturated heterocycles. The van der Waals surface area contributed by atoms with Crippen LogP contribution in [0, 0.1) is 0 Å². The second kappa shape index (κ2) is 6.64. The van der Waals surface area contributed by atoms with E-state index in [1.807, 2.05) is 36.4 Å². The number of hydrogen-bond donors (Lipinski definition) is 2. The molecule has 104 valence electrons. The van der Waals surface area contributed by atoms with E-state index >= 15 is 0 Å². The van der Waals surface area contributed by atoms with E-state index < -0.39 is 0 Å². The van der Waals surface area contributed by atoms with Crippen LogP contribution in [-0.4, -0.2) is 5.91 Å². The SMILES string of the molecule is CC(=O)Nc1ccc(NCc2cccc(Cl)c2Cl)cc1. The van der Waals surface area contributed by atoms with Crippen LogP contribution in [0.15, 0.2) is 42.5 Å². The summed E-state index contributed by atoms with van der Waals surface area (Å²) >= 11 is 12.1. The summed E-state index contributed by atoms with van der Waals surface area (Å²) in [5.74, 6) is -0.0866. The van der Waals surface area contributed by atoms with Gasteiger partial charge in [-0.1, -0.05) is 35.3 Å². The van der Waals surface area contributed by atoms with Gasteiger partial charge < -0.3 is 10.6 Å². The van der Waals surface area contributed by atoms with Gasteiger partial charge in [-0.05, 0) is 35.9 Å². The molecular formula is C15H14Cl2N2O. The molecule has 5 heteroatoms. The number of anilines is 2. The third-order valence-electron chi connectivity index (χ3n) is 2.72. The molecular weight excluding hydrogens is 295 g/mol. The zero-order valence-corrected chi connectivity index (χ0v) is 12.4. The Bertz CT molecular complexity index is 612. The number of carbonyl (C=O) groups excluding carboxylic acids is 1. The van der Waals surface area contributed by atoms with E-state index in [-0.39, 0.29) is 5.91 Å². The number of benzene rings is 2. The molecule has 3 nitrogen and oxygen atoms in total. The third kappa shape index (κ3) is 3.89. The zero-order valence-electron chi connectivity index (χ0n) is 10.9. The summed E-state index contributed by atoms with van der Waals surface area (Å²) in [7, 11) is 0. The van der Waals surface area contributed by atoms with Crippen molar-refractivity contribution in [1.29, 1.82) is 0 Å². The van der Waals surface area contributed by atoms with Gasteiger partial charge in [-0.15, -0.1) is 0 Å². The quantitative estimate of drug-likeness (QED) is 0.869. The Balaban J connectivity index is 2.00. The monoisotopic (exact) mass is 308 g/mol. The average molecular weight is 309 g/mol. The molecule has 0 bridgehead atoms. The number of halogens is 2. The summed E-state index contributed by atoms with van der Waals surface area (Å²) in [4.78, 5) is 10.9. The number of amides is 1. The van der Waals surface area contributed by atoms with E-state index in [0.717, 1.165) is 16.9 Å². The van der Waals surface area contributed by atoms with E-state index in [1.54, 1.807) is 6.07 Å². The predicted molar refractivity (Wildman–Crippen MR) is 84.5 cm³/mol. The topological polar surface area (TPSA) is 41.1 Å². The smallest absolute Gasteiger partial charge is 0.221 e. The highest BCUT2D eigenvalue weighted by atomic mass is 35.5. The van der Waals surface area contributed by atoms with Gasteiger partial charge in [-0.3, -0.25) is 4.79 Å². The minimum atomic E-state index is -0.0866. The molecule has 2 rings (SSSR count). The predicted octanol–water partition coefficient (Wildman–Crippen LogP) is 4.56. The van der Waals surface area contributed by atoms with Crippen molar-refractivity contribution in [3.63, 3.8) is 0 Å². The van der Waals surface area contributed by atoms with Gasteiger partial charge in [0.1, 0.15) is 0 Å². The Labute approximate surface area is 127 Å². The highest BCUT2D eigenvalue weighted by molar-refractivity contribution is 6.42. The van der Waals surface area contributed by atoms with Crippen molar-refractivity contribution in [3.8, 4) is 0 Å². The molecule has 0 spiro atoms. The lowest BCUT2D eigenvalue weighted by atomic mass is 10.2. The van der Waals surface area contributed by atoms with Gasteiger partial charge >= 0.3 is 0 Å². The van der Waals surface area contributed by atoms with E-state index in [9.17, 15) is 4.79 Å². The van der Waals surface area contributed by atoms with Crippen molar-refractivity contribution in [2.24, 2.45) is 0 Å². The van der Waals surface area contributed by atoms with Gasteiger partial charge in [0.2, 0.25) is 5.91 Å². The molecule has 1 amide bonds. The van der Waals surface area contributed by atoms with Gasteiger partial charge in [0.25, 0.3) is 0 Å². The fraction of sp³-hybridized carbons (Fsp3) is 0.133. The van der Waals surface area contributed by atoms with Gasteiger partial charge in [-0.25, -0.2) is 0 Å². The lowest BCUT2D eigenvalue weighted by Crippen LogP contribution is -2.05. The molecule has 0 fully saturated rings. The Morgan fingerprint density at radius 1 is 1.05 bits per heavy atom. The molecule has 2 aromatic rings. The molecule has 0 atom stereocenters. The minimum absolute atomic E-state index is 0.0866. The van der Waals surface area contributed by atoms with Crippen molar-refractivity contribution in [3.05, 3.63) is 58.1 Å². The number of nitrogens with one attached hydrogen (secondary N) is 2. The van der Waals surface area contributed by atoms with Gasteiger partial charge in [0.05, 0.1) is 10.0 Å². The third-order valence-corrected chi connectivity index (χ3v) is 3.58. The standard InChI is InChI=1S/C15H14Cl2N2O/c1-10(20)19-13-7-5-12(6-8-13)18-9-11-3-2-4-14(16)15(11)17/h2-8,18H,9H2,1H3,(H,19,20). The second-order valence-corrected chi connectivity index (χ2v) is 5.11. The number of hydrogen-bond acceptors (Lipinski definition) is 2. The first-order valence-corrected chi connectivity index (χ1v) is 6.86. The first-order valence-electron chi connectivity index (χ1n) is 6.10. The molecule has 0 aliphatic carbocycles. The fourth-order valence-electron chi connectivity index (χ4n) is 1.76. The summed E-state index contributed by atoms with van der Waals surface area (Å²) in [5.41, 5.74) is 2.64. The maximum atomic E-state index is 10.9. The van der Waals surface area contributed by atoms with E-state index in [2.05, 4.69) is 10.6 Å². The van der Waals surface area contributed by atoms with Crippen molar-refractivity contribution in [1.82, 2.24) is 0 Å². The van der Waals surface area contributed by atoms with E-state index in [1.165, 1.54) is 6.92 Å². The Kier molecular flexibility index (Phi) is 4.88. The second-order valence-electron chi connectivity index (χ2n) is 4.33. The van der Waals surface area contributed by atoms with Crippen molar-refractivity contribution in [2.45, 2.75) is 13.5 Å². The summed E-state index contributed by atoms with van der Waals surface area (Å²) in [6, 6.07) is 13.0. The molecule has 2 N–H and O–H groups in total. The van der Waals surface area contributed by atoms with Crippen LogP contribution < -0.4 is 10.6 Å². The highest BCUT2D eigenvalue weighted by Gasteiger charge is 2.04. The molecule has 20 heavy (non-hydrogen) atoms. The number of carbonyl (C=O) groups is 1. The van der Waals surface area contributed by atoms with Crippen LogP contribution in [0.1, 0.15) is 12.5 Å². The summed E-state index contributed by atoms with van der Waals surface area (Å²) in [6.07, 6.45) is 0. The number of rotatable bonds is 4. The minimum Gasteiger partial charge on any atom is -0.381 e. The molecule has 0 unspecified atom stereocenters. The average Bonchev–Trinajstić information content (AvgIpc) is 2.41. The zero-order chi connectivity index (χ0) is 14.5. The van der Waals surface area contributed by atoms with Crippen LogP contribution in [0.3, 0.4) is 0 Å². The molecule has 0 heterocycles. The fourth-order valence-corrected chi connectivity index (χ4v) is 2.14. The van der Waals surface area contributed by atoms with Crippen LogP contribution in [-0.2, 0) is 11.3 Å². The molecule has 0 aromatic heterocycles. The van der Waals surface area contributed by atoms with E-state index in [4.69, 9.17) is 23.2 Å². The van der Waals surface area contributed by atoms with Gasteiger partial charge in [0.15, 0.2) is 0 Å². The summed E-state index contributed by atoms with van der Waals surface area (Å²) in [6.45, 7) is 2.06. The molecule has 0 aliphatic rings. The molecule has 0 aliphatic heterocycles. The van der Waals surface area contributed by atoms with Crippen LogP contribution >= 0.6 is 23.2 Å². The van der Waals surface area contributed by atoms with Crippen LogP contribution in [0.4, 0.5) is 11.4 Å². The Hall–Kier alpha value is -1.71. The largest absolute Gasteiger partial charge is 0.381 e. The lowest BCUT2D eigenvalue weighted by molar-refractivity contribution is -0.114. The highest BCUT2D eigenvalue weighted by Crippen LogP contribution is 2.26. The lowest BCUT2D eigenvalue weighted by Gasteiger charge is -2.10. The van der Waals surface area contributed by atoms with E-state index in [0.29, 0.717) is 16.6 Å². The Morgan fingerprint density at radius 3 is 2.35 bits per heavy atom. The first-order chi connectivity index (χ1) is 9.56. The van der Waals surface area contributed by atoms with Crippen molar-refractivity contribution in [2.75, 3.05) is 10.6 Å². The van der Waals surface area contributed by atoms with Gasteiger partial charge in [-0.2, -0.15) is 0 Å². The van der Waals surface area contributed by atoms with Crippen molar-refractivity contribution >= 4 is 40.5 Å². The maximum absolute atomic E-state index is 10.9. The molecule has 2 aromatic carbocycles. The first kappa shape index (κ1) is 14.7. The maximum Gasteiger partial charge on any atom is 0.221 e. The summed E-state index contributed by atoms with van der Waals surface area (Å²) < 4.78 is 0. The van der Waals surface area contributed by atoms with Crippen molar-refractivity contribution < 1.29 is 4.79 Å². The van der Waals surface area contributed by atoms with Crippen LogP contribution in [0.25, 0.3) is 0 Å². The van der Waals surface area contributed by atoms with Crippen LogP contribution in [0.5, 0.6) is 0 Å².